The lowest BCUT2D eigenvalue weighted by atomic mass is 9.85. The fourth-order valence-corrected chi connectivity index (χ4v) is 2.93. The van der Waals surface area contributed by atoms with Gasteiger partial charge in [-0.25, -0.2) is 0 Å². The fraction of sp³-hybridized carbons (Fsp3) is 1.00. The van der Waals surface area contributed by atoms with Crippen molar-refractivity contribution >= 4 is 0 Å². The molecule has 0 aromatic carbocycles. The van der Waals surface area contributed by atoms with Crippen molar-refractivity contribution in [3.63, 3.8) is 0 Å². The van der Waals surface area contributed by atoms with Gasteiger partial charge in [-0.15, -0.1) is 0 Å². The maximum absolute atomic E-state index is 3.34. The second-order valence-corrected chi connectivity index (χ2v) is 5.87. The lowest BCUT2D eigenvalue weighted by molar-refractivity contribution is 0.116. The third kappa shape index (κ3) is 4.06. The standard InChI is InChI=1S/C14H30N2/c1-11-7-6-8-14(9-11)16(5)13(3)10-12(2)15-4/h11-15H,6-10H2,1-5H3. The number of nitrogens with one attached hydrogen (secondary N) is 1. The molecule has 4 atom stereocenters. The molecule has 96 valence electrons. The van der Waals surface area contributed by atoms with Crippen molar-refractivity contribution in [2.45, 2.75) is 71.0 Å². The summed E-state index contributed by atoms with van der Waals surface area (Å²) in [5.74, 6) is 0.926. The Morgan fingerprint density at radius 1 is 1.31 bits per heavy atom. The van der Waals surface area contributed by atoms with Gasteiger partial charge in [0, 0.05) is 18.1 Å². The minimum atomic E-state index is 0.624. The summed E-state index contributed by atoms with van der Waals surface area (Å²) in [6.07, 6.45) is 6.90. The maximum Gasteiger partial charge on any atom is 0.00975 e. The Bertz CT molecular complexity index is 193. The van der Waals surface area contributed by atoms with Gasteiger partial charge in [0.25, 0.3) is 0 Å². The molecule has 0 heterocycles. The molecule has 2 nitrogen and oxygen atoms in total. The first-order chi connectivity index (χ1) is 7.54. The van der Waals surface area contributed by atoms with Gasteiger partial charge in [-0.2, -0.15) is 0 Å². The van der Waals surface area contributed by atoms with Crippen LogP contribution in [0.15, 0.2) is 0 Å². The Morgan fingerprint density at radius 3 is 2.56 bits per heavy atom. The van der Waals surface area contributed by atoms with Crippen LogP contribution < -0.4 is 5.32 Å². The van der Waals surface area contributed by atoms with Crippen LogP contribution in [0.25, 0.3) is 0 Å². The zero-order valence-corrected chi connectivity index (χ0v) is 11.8. The molecule has 16 heavy (non-hydrogen) atoms. The van der Waals surface area contributed by atoms with Crippen LogP contribution in [-0.2, 0) is 0 Å². The summed E-state index contributed by atoms with van der Waals surface area (Å²) in [5, 5.41) is 3.34. The van der Waals surface area contributed by atoms with Gasteiger partial charge in [0.05, 0.1) is 0 Å². The summed E-state index contributed by atoms with van der Waals surface area (Å²) >= 11 is 0. The highest BCUT2D eigenvalue weighted by Crippen LogP contribution is 2.28. The molecule has 1 fully saturated rings. The van der Waals surface area contributed by atoms with E-state index < -0.39 is 0 Å². The van der Waals surface area contributed by atoms with E-state index in [2.05, 4.69) is 45.1 Å². The lowest BCUT2D eigenvalue weighted by Crippen LogP contribution is -2.43. The first-order valence-electron chi connectivity index (χ1n) is 6.93. The van der Waals surface area contributed by atoms with Gasteiger partial charge in [0.2, 0.25) is 0 Å². The normalized spacial score (nSPS) is 30.4. The average Bonchev–Trinajstić information content (AvgIpc) is 2.27. The second kappa shape index (κ2) is 6.61. The Morgan fingerprint density at radius 2 is 2.00 bits per heavy atom. The van der Waals surface area contributed by atoms with Crippen LogP contribution in [0.4, 0.5) is 0 Å². The van der Waals surface area contributed by atoms with E-state index in [1.165, 1.54) is 32.1 Å². The van der Waals surface area contributed by atoms with E-state index in [1.54, 1.807) is 0 Å². The lowest BCUT2D eigenvalue weighted by Gasteiger charge is -2.38. The predicted octanol–water partition coefficient (Wildman–Crippen LogP) is 2.88. The number of rotatable bonds is 5. The molecule has 0 radical (unpaired) electrons. The molecule has 2 heteroatoms. The van der Waals surface area contributed by atoms with Gasteiger partial charge in [-0.05, 0) is 53.1 Å². The van der Waals surface area contributed by atoms with Crippen molar-refractivity contribution in [2.24, 2.45) is 5.92 Å². The van der Waals surface area contributed by atoms with E-state index in [1.807, 2.05) is 0 Å². The highest BCUT2D eigenvalue weighted by Gasteiger charge is 2.25. The summed E-state index contributed by atoms with van der Waals surface area (Å²) in [6.45, 7) is 7.04. The van der Waals surface area contributed by atoms with Crippen molar-refractivity contribution < 1.29 is 0 Å². The van der Waals surface area contributed by atoms with Gasteiger partial charge in [-0.1, -0.05) is 19.8 Å². The summed E-state index contributed by atoms with van der Waals surface area (Å²) in [4.78, 5) is 2.61. The number of hydrogen-bond donors (Lipinski definition) is 1. The first kappa shape index (κ1) is 14.0. The molecule has 1 N–H and O–H groups in total. The van der Waals surface area contributed by atoms with Crippen LogP contribution in [0.5, 0.6) is 0 Å². The van der Waals surface area contributed by atoms with E-state index >= 15 is 0 Å². The van der Waals surface area contributed by atoms with E-state index in [-0.39, 0.29) is 0 Å². The van der Waals surface area contributed by atoms with Crippen LogP contribution in [-0.4, -0.2) is 37.1 Å². The molecule has 4 unspecified atom stereocenters. The van der Waals surface area contributed by atoms with Gasteiger partial charge >= 0.3 is 0 Å². The molecule has 1 aliphatic carbocycles. The van der Waals surface area contributed by atoms with Crippen molar-refractivity contribution in [1.29, 1.82) is 0 Å². The van der Waals surface area contributed by atoms with E-state index in [0.717, 1.165) is 12.0 Å². The quantitative estimate of drug-likeness (QED) is 0.775. The maximum atomic E-state index is 3.34. The third-order valence-corrected chi connectivity index (χ3v) is 4.37. The monoisotopic (exact) mass is 226 g/mol. The Balaban J connectivity index is 2.39. The first-order valence-corrected chi connectivity index (χ1v) is 6.93. The topological polar surface area (TPSA) is 15.3 Å². The van der Waals surface area contributed by atoms with Crippen LogP contribution in [0.1, 0.15) is 52.9 Å². The van der Waals surface area contributed by atoms with Gasteiger partial charge in [0.1, 0.15) is 0 Å². The minimum absolute atomic E-state index is 0.624. The highest BCUT2D eigenvalue weighted by molar-refractivity contribution is 4.81. The fourth-order valence-electron chi connectivity index (χ4n) is 2.93. The molecule has 1 rings (SSSR count). The molecule has 0 spiro atoms. The summed E-state index contributed by atoms with van der Waals surface area (Å²) in [7, 11) is 4.37. The Labute approximate surface area is 102 Å². The molecule has 1 saturated carbocycles. The Hall–Kier alpha value is -0.0800. The van der Waals surface area contributed by atoms with Crippen molar-refractivity contribution in [3.05, 3.63) is 0 Å². The van der Waals surface area contributed by atoms with E-state index in [9.17, 15) is 0 Å². The van der Waals surface area contributed by atoms with E-state index in [0.29, 0.717) is 12.1 Å². The third-order valence-electron chi connectivity index (χ3n) is 4.37. The molecule has 0 amide bonds. The Kier molecular flexibility index (Phi) is 5.77. The molecular weight excluding hydrogens is 196 g/mol. The van der Waals surface area contributed by atoms with Crippen LogP contribution >= 0.6 is 0 Å². The van der Waals surface area contributed by atoms with E-state index in [4.69, 9.17) is 0 Å². The largest absolute Gasteiger partial charge is 0.317 e. The SMILES string of the molecule is CNC(C)CC(C)N(C)C1CCCC(C)C1. The molecule has 1 aliphatic rings. The molecule has 0 bridgehead atoms. The number of hydrogen-bond acceptors (Lipinski definition) is 2. The van der Waals surface area contributed by atoms with Gasteiger partial charge in [-0.3, -0.25) is 0 Å². The summed E-state index contributed by atoms with van der Waals surface area (Å²) in [5.41, 5.74) is 0. The highest BCUT2D eigenvalue weighted by atomic mass is 15.2. The van der Waals surface area contributed by atoms with Crippen LogP contribution in [0.3, 0.4) is 0 Å². The summed E-state index contributed by atoms with van der Waals surface area (Å²) < 4.78 is 0. The average molecular weight is 226 g/mol. The van der Waals surface area contributed by atoms with Gasteiger partial charge < -0.3 is 10.2 Å². The van der Waals surface area contributed by atoms with Crippen molar-refractivity contribution in [2.75, 3.05) is 14.1 Å². The zero-order valence-electron chi connectivity index (χ0n) is 11.8. The molecule has 0 aromatic heterocycles. The molecular formula is C14H30N2. The van der Waals surface area contributed by atoms with Crippen LogP contribution in [0.2, 0.25) is 0 Å². The predicted molar refractivity (Wildman–Crippen MR) is 71.8 cm³/mol. The minimum Gasteiger partial charge on any atom is -0.317 e. The second-order valence-electron chi connectivity index (χ2n) is 5.87. The zero-order chi connectivity index (χ0) is 12.1. The molecule has 0 aromatic rings. The van der Waals surface area contributed by atoms with Gasteiger partial charge in [0.15, 0.2) is 0 Å². The summed E-state index contributed by atoms with van der Waals surface area (Å²) in [6, 6.07) is 2.14. The smallest absolute Gasteiger partial charge is 0.00975 e. The van der Waals surface area contributed by atoms with Crippen LogP contribution in [0, 0.1) is 5.92 Å². The number of nitrogens with zero attached hydrogens (tertiary/aromatic N) is 1. The molecule has 0 saturated heterocycles. The molecule has 0 aliphatic heterocycles. The van der Waals surface area contributed by atoms with Crippen molar-refractivity contribution in [1.82, 2.24) is 10.2 Å². The van der Waals surface area contributed by atoms with Crippen molar-refractivity contribution in [3.8, 4) is 0 Å².